The van der Waals surface area contributed by atoms with Crippen LogP contribution >= 0.6 is 11.6 Å². The van der Waals surface area contributed by atoms with E-state index in [2.05, 4.69) is 19.2 Å². The SMILES string of the molecule is COc1ccc(C(=O)N(CC(C)C)C[C@H]2CN(C(=O)Nc3cccc(Cl)c3)CCO2)cc1. The smallest absolute Gasteiger partial charge is 0.322 e. The molecule has 0 radical (unpaired) electrons. The van der Waals surface area contributed by atoms with Crippen LogP contribution in [0.25, 0.3) is 0 Å². The van der Waals surface area contributed by atoms with Crippen molar-refractivity contribution in [1.82, 2.24) is 9.80 Å². The Balaban J connectivity index is 1.64. The van der Waals surface area contributed by atoms with Gasteiger partial charge < -0.3 is 24.6 Å². The lowest BCUT2D eigenvalue weighted by molar-refractivity contribution is -0.0272. The van der Waals surface area contributed by atoms with Gasteiger partial charge in [-0.2, -0.15) is 0 Å². The molecule has 3 amide bonds. The predicted molar refractivity (Wildman–Crippen MR) is 126 cm³/mol. The highest BCUT2D eigenvalue weighted by Gasteiger charge is 2.28. The fourth-order valence-electron chi connectivity index (χ4n) is 3.63. The second-order valence-electron chi connectivity index (χ2n) is 8.21. The Morgan fingerprint density at radius 1 is 1.25 bits per heavy atom. The first-order valence-corrected chi connectivity index (χ1v) is 11.1. The maximum Gasteiger partial charge on any atom is 0.322 e. The van der Waals surface area contributed by atoms with E-state index in [9.17, 15) is 9.59 Å². The summed E-state index contributed by atoms with van der Waals surface area (Å²) in [6, 6.07) is 13.9. The number of morpholine rings is 1. The van der Waals surface area contributed by atoms with E-state index in [1.807, 2.05) is 0 Å². The summed E-state index contributed by atoms with van der Waals surface area (Å²) >= 11 is 6.00. The van der Waals surface area contributed by atoms with E-state index in [0.29, 0.717) is 60.7 Å². The molecule has 1 heterocycles. The zero-order chi connectivity index (χ0) is 23.1. The van der Waals surface area contributed by atoms with E-state index in [1.54, 1.807) is 65.4 Å². The number of methoxy groups -OCH3 is 1. The highest BCUT2D eigenvalue weighted by atomic mass is 35.5. The first-order chi connectivity index (χ1) is 15.4. The minimum Gasteiger partial charge on any atom is -0.497 e. The summed E-state index contributed by atoms with van der Waals surface area (Å²) in [4.78, 5) is 29.4. The minimum atomic E-state index is -0.269. The van der Waals surface area contributed by atoms with Crippen LogP contribution in [0.2, 0.25) is 5.02 Å². The van der Waals surface area contributed by atoms with Crippen LogP contribution in [-0.2, 0) is 4.74 Å². The van der Waals surface area contributed by atoms with Gasteiger partial charge in [0.1, 0.15) is 5.75 Å². The van der Waals surface area contributed by atoms with E-state index >= 15 is 0 Å². The van der Waals surface area contributed by atoms with Crippen LogP contribution in [0.1, 0.15) is 24.2 Å². The zero-order valence-corrected chi connectivity index (χ0v) is 19.5. The van der Waals surface area contributed by atoms with Crippen LogP contribution in [0, 0.1) is 5.92 Å². The molecule has 2 aromatic carbocycles. The van der Waals surface area contributed by atoms with E-state index in [-0.39, 0.29) is 18.0 Å². The van der Waals surface area contributed by atoms with Gasteiger partial charge >= 0.3 is 6.03 Å². The average Bonchev–Trinajstić information content (AvgIpc) is 2.78. The highest BCUT2D eigenvalue weighted by Crippen LogP contribution is 2.18. The van der Waals surface area contributed by atoms with Gasteiger partial charge in [-0.1, -0.05) is 31.5 Å². The number of benzene rings is 2. The van der Waals surface area contributed by atoms with Crippen molar-refractivity contribution in [2.75, 3.05) is 45.2 Å². The lowest BCUT2D eigenvalue weighted by atomic mass is 10.1. The maximum absolute atomic E-state index is 13.2. The monoisotopic (exact) mass is 459 g/mol. The Kier molecular flexibility index (Phi) is 8.36. The molecular weight excluding hydrogens is 430 g/mol. The number of anilines is 1. The third-order valence-electron chi connectivity index (χ3n) is 5.14. The molecule has 1 aliphatic heterocycles. The standard InChI is InChI=1S/C24H30ClN3O4/c1-17(2)14-28(23(29)18-7-9-21(31-3)10-8-18)16-22-15-27(11-12-32-22)24(30)26-20-6-4-5-19(25)13-20/h4-10,13,17,22H,11-12,14-16H2,1-3H3,(H,26,30)/t22-/m1/s1. The third kappa shape index (κ3) is 6.61. The Labute approximate surface area is 194 Å². The first-order valence-electron chi connectivity index (χ1n) is 10.7. The first kappa shape index (κ1) is 23.9. The summed E-state index contributed by atoms with van der Waals surface area (Å²) in [5, 5.41) is 3.43. The quantitative estimate of drug-likeness (QED) is 0.667. The Hall–Kier alpha value is -2.77. The molecule has 0 saturated carbocycles. The fraction of sp³-hybridized carbons (Fsp3) is 0.417. The van der Waals surface area contributed by atoms with Crippen LogP contribution in [0.4, 0.5) is 10.5 Å². The molecule has 0 aromatic heterocycles. The summed E-state index contributed by atoms with van der Waals surface area (Å²) in [7, 11) is 1.59. The number of carbonyl (C=O) groups excluding carboxylic acids is 2. The van der Waals surface area contributed by atoms with Gasteiger partial charge in [-0.05, 0) is 48.4 Å². The van der Waals surface area contributed by atoms with E-state index in [4.69, 9.17) is 21.1 Å². The molecule has 1 aliphatic rings. The summed E-state index contributed by atoms with van der Waals surface area (Å²) in [5.41, 5.74) is 1.24. The van der Waals surface area contributed by atoms with Gasteiger partial charge in [-0.15, -0.1) is 0 Å². The van der Waals surface area contributed by atoms with Crippen LogP contribution in [0.3, 0.4) is 0 Å². The average molecular weight is 460 g/mol. The lowest BCUT2D eigenvalue weighted by Crippen LogP contribution is -2.52. The second-order valence-corrected chi connectivity index (χ2v) is 8.65. The van der Waals surface area contributed by atoms with Gasteiger partial charge in [0.2, 0.25) is 0 Å². The Bertz CT molecular complexity index is 920. The van der Waals surface area contributed by atoms with Crippen molar-refractivity contribution in [2.24, 2.45) is 5.92 Å². The van der Waals surface area contributed by atoms with Crippen molar-refractivity contribution < 1.29 is 19.1 Å². The molecule has 0 unspecified atom stereocenters. The van der Waals surface area contributed by atoms with Crippen LogP contribution < -0.4 is 10.1 Å². The van der Waals surface area contributed by atoms with Gasteiger partial charge in [0.15, 0.2) is 0 Å². The van der Waals surface area contributed by atoms with E-state index < -0.39 is 0 Å². The Morgan fingerprint density at radius 2 is 2.00 bits per heavy atom. The van der Waals surface area contributed by atoms with Crippen LogP contribution in [0.15, 0.2) is 48.5 Å². The second kappa shape index (κ2) is 11.2. The number of halogens is 1. The zero-order valence-electron chi connectivity index (χ0n) is 18.7. The van der Waals surface area contributed by atoms with Crippen molar-refractivity contribution in [3.05, 3.63) is 59.1 Å². The van der Waals surface area contributed by atoms with Gasteiger partial charge in [0, 0.05) is 35.9 Å². The maximum atomic E-state index is 13.2. The fourth-order valence-corrected chi connectivity index (χ4v) is 3.82. The van der Waals surface area contributed by atoms with Gasteiger partial charge in [0.05, 0.1) is 26.4 Å². The number of hydrogen-bond donors (Lipinski definition) is 1. The van der Waals surface area contributed by atoms with Crippen molar-refractivity contribution >= 4 is 29.2 Å². The van der Waals surface area contributed by atoms with Crippen LogP contribution in [-0.4, -0.2) is 67.7 Å². The molecule has 1 fully saturated rings. The molecule has 32 heavy (non-hydrogen) atoms. The highest BCUT2D eigenvalue weighted by molar-refractivity contribution is 6.30. The Morgan fingerprint density at radius 3 is 2.66 bits per heavy atom. The number of nitrogens with one attached hydrogen (secondary N) is 1. The molecule has 7 nitrogen and oxygen atoms in total. The molecule has 3 rings (SSSR count). The molecular formula is C24H30ClN3O4. The van der Waals surface area contributed by atoms with E-state index in [0.717, 1.165) is 0 Å². The third-order valence-corrected chi connectivity index (χ3v) is 5.37. The van der Waals surface area contributed by atoms with E-state index in [1.165, 1.54) is 0 Å². The summed E-state index contributed by atoms with van der Waals surface area (Å²) in [6.45, 7) is 6.45. The molecule has 0 bridgehead atoms. The van der Waals surface area contributed by atoms with Gasteiger partial charge in [0.25, 0.3) is 5.91 Å². The van der Waals surface area contributed by atoms with Crippen LogP contribution in [0.5, 0.6) is 5.75 Å². The number of ether oxygens (including phenoxy) is 2. The normalized spacial score (nSPS) is 16.0. The molecule has 172 valence electrons. The number of amides is 3. The molecule has 1 saturated heterocycles. The summed E-state index contributed by atoms with van der Waals surface area (Å²) < 4.78 is 11.1. The minimum absolute atomic E-state index is 0.0644. The van der Waals surface area contributed by atoms with Crippen molar-refractivity contribution in [3.63, 3.8) is 0 Å². The number of rotatable bonds is 7. The van der Waals surface area contributed by atoms with Crippen molar-refractivity contribution in [3.8, 4) is 5.75 Å². The summed E-state index contributed by atoms with van der Waals surface area (Å²) in [5.74, 6) is 0.933. The largest absolute Gasteiger partial charge is 0.497 e. The number of urea groups is 1. The molecule has 0 aliphatic carbocycles. The molecule has 1 atom stereocenters. The van der Waals surface area contributed by atoms with Crippen molar-refractivity contribution in [1.29, 1.82) is 0 Å². The van der Waals surface area contributed by atoms with Gasteiger partial charge in [-0.3, -0.25) is 4.79 Å². The topological polar surface area (TPSA) is 71.1 Å². The molecule has 1 N–H and O–H groups in total. The van der Waals surface area contributed by atoms with Gasteiger partial charge in [-0.25, -0.2) is 4.79 Å². The molecule has 8 heteroatoms. The molecule has 2 aromatic rings. The lowest BCUT2D eigenvalue weighted by Gasteiger charge is -2.36. The predicted octanol–water partition coefficient (Wildman–Crippen LogP) is 4.38. The summed E-state index contributed by atoms with van der Waals surface area (Å²) in [6.07, 6.45) is -0.269. The molecule has 0 spiro atoms. The number of nitrogens with zero attached hydrogens (tertiary/aromatic N) is 2. The number of hydrogen-bond acceptors (Lipinski definition) is 4. The van der Waals surface area contributed by atoms with Crippen molar-refractivity contribution in [2.45, 2.75) is 20.0 Å². The number of carbonyl (C=O) groups is 2.